The van der Waals surface area contributed by atoms with Gasteiger partial charge in [0.2, 0.25) is 11.9 Å². The van der Waals surface area contributed by atoms with Gasteiger partial charge < -0.3 is 9.88 Å². The third-order valence-corrected chi connectivity index (χ3v) is 4.84. The monoisotopic (exact) mass is 328 g/mol. The molecule has 1 aromatic carbocycles. The molecule has 2 aromatic rings. The van der Waals surface area contributed by atoms with Gasteiger partial charge in [0.15, 0.2) is 0 Å². The molecule has 5 nitrogen and oxygen atoms in total. The van der Waals surface area contributed by atoms with E-state index in [0.717, 1.165) is 38.9 Å². The molecule has 0 unspecified atom stereocenters. The molecule has 1 N–H and O–H groups in total. The van der Waals surface area contributed by atoms with E-state index < -0.39 is 0 Å². The Morgan fingerprint density at radius 2 is 2.12 bits per heavy atom. The lowest BCUT2D eigenvalue weighted by atomic mass is 9.98. The molecule has 0 radical (unpaired) electrons. The van der Waals surface area contributed by atoms with E-state index in [0.29, 0.717) is 23.8 Å². The number of anilines is 1. The topological polar surface area (TPSA) is 50.2 Å². The second-order valence-electron chi connectivity index (χ2n) is 6.49. The van der Waals surface area contributed by atoms with Crippen LogP contribution in [0.2, 0.25) is 0 Å². The normalized spacial score (nSPS) is 20.7. The van der Waals surface area contributed by atoms with Crippen LogP contribution in [0.3, 0.4) is 0 Å². The molecule has 0 spiro atoms. The molecule has 24 heavy (non-hydrogen) atoms. The molecule has 0 aliphatic carbocycles. The molecule has 2 aliphatic rings. The summed E-state index contributed by atoms with van der Waals surface area (Å²) in [5, 5.41) is 3.29. The van der Waals surface area contributed by atoms with Crippen molar-refractivity contribution in [2.24, 2.45) is 5.92 Å². The van der Waals surface area contributed by atoms with Gasteiger partial charge in [-0.05, 0) is 37.9 Å². The van der Waals surface area contributed by atoms with E-state index in [4.69, 9.17) is 0 Å². The number of rotatable bonds is 2. The molecule has 1 atom stereocenters. The van der Waals surface area contributed by atoms with Gasteiger partial charge in [-0.25, -0.2) is 9.37 Å². The van der Waals surface area contributed by atoms with Crippen LogP contribution in [0.4, 0.5) is 10.3 Å². The van der Waals surface area contributed by atoms with Crippen molar-refractivity contribution in [3.05, 3.63) is 36.3 Å². The predicted molar refractivity (Wildman–Crippen MR) is 90.2 cm³/mol. The maximum absolute atomic E-state index is 14.0. The quantitative estimate of drug-likeness (QED) is 0.921. The standard InChI is InChI=1S/C18H21FN4O/c19-15-7-2-1-6-14(15)16-12-22-9-4-10-23(18(22)21-16)17(24)13-5-3-8-20-11-13/h1-2,6-7,12-13,20H,3-5,8-11H2/t13-/m1/s1. The van der Waals surface area contributed by atoms with Gasteiger partial charge in [0.1, 0.15) is 5.82 Å². The Morgan fingerprint density at radius 3 is 2.92 bits per heavy atom. The SMILES string of the molecule is O=C([C@@H]1CCCNC1)N1CCCn2cc(-c3ccccc3F)nc21. The molecule has 0 saturated carbocycles. The molecule has 1 aromatic heterocycles. The van der Waals surface area contributed by atoms with E-state index in [1.54, 1.807) is 23.1 Å². The molecule has 3 heterocycles. The van der Waals surface area contributed by atoms with Crippen LogP contribution in [0.25, 0.3) is 11.3 Å². The summed E-state index contributed by atoms with van der Waals surface area (Å²) in [5.41, 5.74) is 1.07. The Hall–Kier alpha value is -2.21. The fourth-order valence-corrected chi connectivity index (χ4v) is 3.58. The van der Waals surface area contributed by atoms with Crippen LogP contribution in [-0.4, -0.2) is 35.1 Å². The van der Waals surface area contributed by atoms with Crippen molar-refractivity contribution < 1.29 is 9.18 Å². The highest BCUT2D eigenvalue weighted by atomic mass is 19.1. The molecule has 0 bridgehead atoms. The van der Waals surface area contributed by atoms with Crippen molar-refractivity contribution in [3.63, 3.8) is 0 Å². The maximum Gasteiger partial charge on any atom is 0.233 e. The van der Waals surface area contributed by atoms with Gasteiger partial charge in [-0.1, -0.05) is 12.1 Å². The Kier molecular flexibility index (Phi) is 4.06. The molecule has 1 saturated heterocycles. The smallest absolute Gasteiger partial charge is 0.233 e. The van der Waals surface area contributed by atoms with Crippen molar-refractivity contribution in [2.75, 3.05) is 24.5 Å². The summed E-state index contributed by atoms with van der Waals surface area (Å²) < 4.78 is 16.0. The number of carbonyl (C=O) groups excluding carboxylic acids is 1. The number of hydrogen-bond acceptors (Lipinski definition) is 3. The lowest BCUT2D eigenvalue weighted by Crippen LogP contribution is -2.46. The van der Waals surface area contributed by atoms with Crippen LogP contribution < -0.4 is 10.2 Å². The van der Waals surface area contributed by atoms with Crippen LogP contribution in [0, 0.1) is 11.7 Å². The van der Waals surface area contributed by atoms with E-state index in [9.17, 15) is 9.18 Å². The van der Waals surface area contributed by atoms with Gasteiger partial charge >= 0.3 is 0 Å². The number of amides is 1. The number of fused-ring (bicyclic) bond motifs is 1. The summed E-state index contributed by atoms with van der Waals surface area (Å²) >= 11 is 0. The molecule has 2 aliphatic heterocycles. The highest BCUT2D eigenvalue weighted by Gasteiger charge is 2.31. The lowest BCUT2D eigenvalue weighted by molar-refractivity contribution is -0.123. The van der Waals surface area contributed by atoms with E-state index >= 15 is 0 Å². The number of halogens is 1. The third kappa shape index (κ3) is 2.71. The number of aryl methyl sites for hydroxylation is 1. The number of piperidine rings is 1. The van der Waals surface area contributed by atoms with Crippen molar-refractivity contribution in [1.82, 2.24) is 14.9 Å². The summed E-state index contributed by atoms with van der Waals surface area (Å²) in [6.45, 7) is 3.21. The predicted octanol–water partition coefficient (Wildman–Crippen LogP) is 2.43. The molecule has 6 heteroatoms. The van der Waals surface area contributed by atoms with Crippen molar-refractivity contribution in [3.8, 4) is 11.3 Å². The number of nitrogens with one attached hydrogen (secondary N) is 1. The summed E-state index contributed by atoms with van der Waals surface area (Å²) in [6.07, 6.45) is 4.70. The van der Waals surface area contributed by atoms with Gasteiger partial charge in [0, 0.05) is 31.4 Å². The zero-order valence-electron chi connectivity index (χ0n) is 13.5. The molecule has 1 amide bonds. The van der Waals surface area contributed by atoms with Crippen molar-refractivity contribution >= 4 is 11.9 Å². The summed E-state index contributed by atoms with van der Waals surface area (Å²) in [7, 11) is 0. The number of carbonyl (C=O) groups is 1. The van der Waals surface area contributed by atoms with E-state index in [2.05, 4.69) is 10.3 Å². The number of aromatic nitrogens is 2. The summed E-state index contributed by atoms with van der Waals surface area (Å²) in [5.74, 6) is 0.505. The second kappa shape index (κ2) is 6.36. The van der Waals surface area contributed by atoms with E-state index in [1.165, 1.54) is 6.07 Å². The van der Waals surface area contributed by atoms with Crippen LogP contribution >= 0.6 is 0 Å². The van der Waals surface area contributed by atoms with Gasteiger partial charge in [-0.15, -0.1) is 0 Å². The number of benzene rings is 1. The Labute approximate surface area is 140 Å². The van der Waals surface area contributed by atoms with Crippen LogP contribution in [0.15, 0.2) is 30.5 Å². The van der Waals surface area contributed by atoms with E-state index in [1.807, 2.05) is 10.8 Å². The fraction of sp³-hybridized carbons (Fsp3) is 0.444. The average molecular weight is 328 g/mol. The Bertz CT molecular complexity index is 751. The lowest BCUT2D eigenvalue weighted by Gasteiger charge is -2.31. The van der Waals surface area contributed by atoms with E-state index in [-0.39, 0.29) is 17.6 Å². The number of imidazole rings is 1. The Balaban J connectivity index is 1.65. The second-order valence-corrected chi connectivity index (χ2v) is 6.49. The van der Waals surface area contributed by atoms with Crippen LogP contribution in [0.5, 0.6) is 0 Å². The number of hydrogen-bond donors (Lipinski definition) is 1. The first kappa shape index (κ1) is 15.3. The van der Waals surface area contributed by atoms with Gasteiger partial charge in [-0.2, -0.15) is 0 Å². The van der Waals surface area contributed by atoms with Crippen LogP contribution in [-0.2, 0) is 11.3 Å². The Morgan fingerprint density at radius 1 is 1.25 bits per heavy atom. The maximum atomic E-state index is 14.0. The summed E-state index contributed by atoms with van der Waals surface area (Å²) in [6, 6.07) is 6.62. The average Bonchev–Trinajstić information content (AvgIpc) is 3.06. The minimum absolute atomic E-state index is 0.0129. The van der Waals surface area contributed by atoms with Crippen molar-refractivity contribution in [2.45, 2.75) is 25.8 Å². The van der Waals surface area contributed by atoms with Gasteiger partial charge in [-0.3, -0.25) is 9.69 Å². The van der Waals surface area contributed by atoms with Gasteiger partial charge in [0.25, 0.3) is 0 Å². The molecular weight excluding hydrogens is 307 g/mol. The van der Waals surface area contributed by atoms with Crippen molar-refractivity contribution in [1.29, 1.82) is 0 Å². The first-order valence-electron chi connectivity index (χ1n) is 8.58. The summed E-state index contributed by atoms with van der Waals surface area (Å²) in [4.78, 5) is 19.3. The highest BCUT2D eigenvalue weighted by Crippen LogP contribution is 2.29. The minimum atomic E-state index is -0.290. The zero-order chi connectivity index (χ0) is 16.5. The first-order valence-corrected chi connectivity index (χ1v) is 8.58. The van der Waals surface area contributed by atoms with Gasteiger partial charge in [0.05, 0.1) is 11.6 Å². The zero-order valence-corrected chi connectivity index (χ0v) is 13.5. The largest absolute Gasteiger partial charge is 0.316 e. The first-order chi connectivity index (χ1) is 11.7. The highest BCUT2D eigenvalue weighted by molar-refractivity contribution is 5.94. The number of nitrogens with zero attached hydrogens (tertiary/aromatic N) is 3. The molecule has 4 rings (SSSR count). The molecule has 126 valence electrons. The minimum Gasteiger partial charge on any atom is -0.316 e. The fourth-order valence-electron chi connectivity index (χ4n) is 3.58. The molecular formula is C18H21FN4O. The molecule has 1 fully saturated rings. The van der Waals surface area contributed by atoms with Crippen LogP contribution in [0.1, 0.15) is 19.3 Å². The third-order valence-electron chi connectivity index (χ3n) is 4.84.